The predicted molar refractivity (Wildman–Crippen MR) is 81.2 cm³/mol. The topological polar surface area (TPSA) is 38.9 Å². The molecule has 5 heteroatoms. The van der Waals surface area contributed by atoms with Crippen LogP contribution >= 0.6 is 34.5 Å². The SMILES string of the molecule is NC(c1cc(Cl)sc1Cl)C1CCCc2cccnc21. The molecule has 0 amide bonds. The number of nitrogens with two attached hydrogens (primary N) is 1. The van der Waals surface area contributed by atoms with Crippen LogP contribution in [-0.2, 0) is 6.42 Å². The molecule has 100 valence electrons. The van der Waals surface area contributed by atoms with E-state index in [1.807, 2.05) is 18.3 Å². The average Bonchev–Trinajstić information content (AvgIpc) is 2.76. The maximum absolute atomic E-state index is 6.42. The summed E-state index contributed by atoms with van der Waals surface area (Å²) in [5, 5.41) is 0. The summed E-state index contributed by atoms with van der Waals surface area (Å²) >= 11 is 13.6. The Morgan fingerprint density at radius 1 is 1.42 bits per heavy atom. The number of thiophene rings is 1. The van der Waals surface area contributed by atoms with Gasteiger partial charge in [0.25, 0.3) is 0 Å². The summed E-state index contributed by atoms with van der Waals surface area (Å²) in [5.41, 5.74) is 9.80. The maximum atomic E-state index is 6.42. The minimum atomic E-state index is -0.134. The van der Waals surface area contributed by atoms with Crippen LogP contribution in [0, 0.1) is 0 Å². The van der Waals surface area contributed by atoms with Crippen molar-refractivity contribution in [3.8, 4) is 0 Å². The molecule has 3 rings (SSSR count). The highest BCUT2D eigenvalue weighted by atomic mass is 35.5. The smallest absolute Gasteiger partial charge is 0.0992 e. The third kappa shape index (κ3) is 2.52. The first-order chi connectivity index (χ1) is 9.16. The van der Waals surface area contributed by atoms with Crippen molar-refractivity contribution in [3.63, 3.8) is 0 Å². The van der Waals surface area contributed by atoms with E-state index in [4.69, 9.17) is 28.9 Å². The van der Waals surface area contributed by atoms with Gasteiger partial charge < -0.3 is 5.73 Å². The van der Waals surface area contributed by atoms with Crippen molar-refractivity contribution in [2.75, 3.05) is 0 Å². The van der Waals surface area contributed by atoms with Crippen LogP contribution in [0.4, 0.5) is 0 Å². The van der Waals surface area contributed by atoms with E-state index in [-0.39, 0.29) is 12.0 Å². The molecule has 0 bridgehead atoms. The molecule has 2 unspecified atom stereocenters. The normalized spacial score (nSPS) is 20.1. The van der Waals surface area contributed by atoms with Crippen molar-refractivity contribution >= 4 is 34.5 Å². The Morgan fingerprint density at radius 2 is 2.26 bits per heavy atom. The van der Waals surface area contributed by atoms with Crippen LogP contribution in [-0.4, -0.2) is 4.98 Å². The Kier molecular flexibility index (Phi) is 3.81. The summed E-state index contributed by atoms with van der Waals surface area (Å²) in [6.07, 6.45) is 5.12. The quantitative estimate of drug-likeness (QED) is 0.882. The summed E-state index contributed by atoms with van der Waals surface area (Å²) in [7, 11) is 0. The zero-order valence-corrected chi connectivity index (χ0v) is 12.6. The Morgan fingerprint density at radius 3 is 3.00 bits per heavy atom. The molecule has 1 aliphatic carbocycles. The second-order valence-corrected chi connectivity index (χ2v) is 7.14. The zero-order valence-electron chi connectivity index (χ0n) is 10.3. The lowest BCUT2D eigenvalue weighted by Gasteiger charge is -2.29. The molecule has 0 saturated heterocycles. The summed E-state index contributed by atoms with van der Waals surface area (Å²) in [6.45, 7) is 0. The molecule has 19 heavy (non-hydrogen) atoms. The van der Waals surface area contributed by atoms with Crippen molar-refractivity contribution in [3.05, 3.63) is 49.9 Å². The lowest BCUT2D eigenvalue weighted by Crippen LogP contribution is -2.24. The molecule has 0 aliphatic heterocycles. The van der Waals surface area contributed by atoms with Crippen LogP contribution in [0.25, 0.3) is 0 Å². The van der Waals surface area contributed by atoms with E-state index in [9.17, 15) is 0 Å². The number of aromatic nitrogens is 1. The van der Waals surface area contributed by atoms with Gasteiger partial charge in [-0.3, -0.25) is 4.98 Å². The molecule has 2 nitrogen and oxygen atoms in total. The van der Waals surface area contributed by atoms with Crippen LogP contribution in [0.5, 0.6) is 0 Å². The van der Waals surface area contributed by atoms with E-state index in [1.54, 1.807) is 0 Å². The number of halogens is 2. The fourth-order valence-electron chi connectivity index (χ4n) is 2.79. The molecule has 0 spiro atoms. The molecule has 0 aromatic carbocycles. The Hall–Kier alpha value is -0.610. The van der Waals surface area contributed by atoms with Gasteiger partial charge in [0.1, 0.15) is 0 Å². The standard InChI is InChI=1S/C14H14Cl2N2S/c15-11-7-10(14(16)19-11)12(17)9-5-1-3-8-4-2-6-18-13(8)9/h2,4,6-7,9,12H,1,3,5,17H2. The van der Waals surface area contributed by atoms with E-state index >= 15 is 0 Å². The molecule has 2 aromatic heterocycles. The number of rotatable bonds is 2. The lowest BCUT2D eigenvalue weighted by molar-refractivity contribution is 0.463. The third-order valence-electron chi connectivity index (χ3n) is 3.71. The largest absolute Gasteiger partial charge is 0.323 e. The second-order valence-electron chi connectivity index (χ2n) is 4.85. The van der Waals surface area contributed by atoms with Gasteiger partial charge in [-0.05, 0) is 37.0 Å². The Balaban J connectivity index is 1.97. The number of nitrogens with zero attached hydrogens (tertiary/aromatic N) is 1. The molecule has 2 aromatic rings. The van der Waals surface area contributed by atoms with Gasteiger partial charge in [-0.2, -0.15) is 0 Å². The fraction of sp³-hybridized carbons (Fsp3) is 0.357. The van der Waals surface area contributed by atoms with Gasteiger partial charge in [-0.25, -0.2) is 0 Å². The van der Waals surface area contributed by atoms with Crippen molar-refractivity contribution < 1.29 is 0 Å². The van der Waals surface area contributed by atoms with Gasteiger partial charge in [0.05, 0.1) is 8.67 Å². The van der Waals surface area contributed by atoms with Crippen molar-refractivity contribution in [1.29, 1.82) is 0 Å². The van der Waals surface area contributed by atoms with Crippen LogP contribution < -0.4 is 5.73 Å². The highest BCUT2D eigenvalue weighted by Crippen LogP contribution is 2.43. The third-order valence-corrected chi connectivity index (χ3v) is 5.23. The molecule has 2 heterocycles. The summed E-state index contributed by atoms with van der Waals surface area (Å²) < 4.78 is 1.38. The molecule has 2 N–H and O–H groups in total. The van der Waals surface area contributed by atoms with Gasteiger partial charge in [0.2, 0.25) is 0 Å². The molecule has 0 saturated carbocycles. The number of fused-ring (bicyclic) bond motifs is 1. The molecular formula is C14H14Cl2N2S. The first-order valence-electron chi connectivity index (χ1n) is 6.31. The van der Waals surface area contributed by atoms with E-state index in [0.717, 1.165) is 30.5 Å². The summed E-state index contributed by atoms with van der Waals surface area (Å²) in [5.74, 6) is 0.230. The first kappa shape index (κ1) is 13.4. The van der Waals surface area contributed by atoms with Gasteiger partial charge in [-0.15, -0.1) is 11.3 Å². The van der Waals surface area contributed by atoms with Crippen molar-refractivity contribution in [2.24, 2.45) is 5.73 Å². The number of hydrogen-bond acceptors (Lipinski definition) is 3. The van der Waals surface area contributed by atoms with Crippen LogP contribution in [0.15, 0.2) is 24.4 Å². The van der Waals surface area contributed by atoms with E-state index in [0.29, 0.717) is 8.67 Å². The predicted octanol–water partition coefficient (Wildman–Crippen LogP) is 4.57. The maximum Gasteiger partial charge on any atom is 0.0992 e. The van der Waals surface area contributed by atoms with E-state index in [2.05, 4.69) is 11.1 Å². The van der Waals surface area contributed by atoms with Crippen LogP contribution in [0.2, 0.25) is 8.67 Å². The first-order valence-corrected chi connectivity index (χ1v) is 7.88. The monoisotopic (exact) mass is 312 g/mol. The minimum absolute atomic E-state index is 0.134. The number of aryl methyl sites for hydroxylation is 1. The summed E-state index contributed by atoms with van der Waals surface area (Å²) in [6, 6.07) is 5.88. The number of pyridine rings is 1. The molecule has 0 radical (unpaired) electrons. The van der Waals surface area contributed by atoms with Crippen molar-refractivity contribution in [2.45, 2.75) is 31.2 Å². The highest BCUT2D eigenvalue weighted by molar-refractivity contribution is 7.20. The molecular weight excluding hydrogens is 299 g/mol. The second kappa shape index (κ2) is 5.41. The van der Waals surface area contributed by atoms with E-state index in [1.165, 1.54) is 16.9 Å². The van der Waals surface area contributed by atoms with Crippen LogP contribution in [0.3, 0.4) is 0 Å². The van der Waals surface area contributed by atoms with Crippen LogP contribution in [0.1, 0.15) is 41.6 Å². The fourth-order valence-corrected chi connectivity index (χ4v) is 4.36. The Labute approximate surface area is 126 Å². The van der Waals surface area contributed by atoms with Gasteiger partial charge >= 0.3 is 0 Å². The zero-order chi connectivity index (χ0) is 13.4. The lowest BCUT2D eigenvalue weighted by atomic mass is 9.80. The Bertz CT molecular complexity index is 597. The summed E-state index contributed by atoms with van der Waals surface area (Å²) in [4.78, 5) is 4.53. The molecule has 2 atom stereocenters. The van der Waals surface area contributed by atoms with Gasteiger partial charge in [0.15, 0.2) is 0 Å². The molecule has 0 fully saturated rings. The molecule has 1 aliphatic rings. The van der Waals surface area contributed by atoms with E-state index < -0.39 is 0 Å². The minimum Gasteiger partial charge on any atom is -0.323 e. The number of hydrogen-bond donors (Lipinski definition) is 1. The van der Waals surface area contributed by atoms with Crippen molar-refractivity contribution in [1.82, 2.24) is 4.98 Å². The highest BCUT2D eigenvalue weighted by Gasteiger charge is 2.29. The average molecular weight is 313 g/mol. The van der Waals surface area contributed by atoms with Gasteiger partial charge in [0, 0.05) is 29.4 Å². The van der Waals surface area contributed by atoms with Gasteiger partial charge in [-0.1, -0.05) is 29.3 Å².